The van der Waals surface area contributed by atoms with Crippen molar-refractivity contribution in [2.45, 2.75) is 45.7 Å². The van der Waals surface area contributed by atoms with Gasteiger partial charge >= 0.3 is 0 Å². The van der Waals surface area contributed by atoms with Gasteiger partial charge in [-0.3, -0.25) is 0 Å². The molecule has 1 saturated heterocycles. The van der Waals surface area contributed by atoms with Gasteiger partial charge in [0, 0.05) is 42.0 Å². The fourth-order valence-corrected chi connectivity index (χ4v) is 4.57. The van der Waals surface area contributed by atoms with E-state index < -0.39 is 5.82 Å². The number of anilines is 1. The predicted octanol–water partition coefficient (Wildman–Crippen LogP) is 4.39. The lowest BCUT2D eigenvalue weighted by atomic mass is 10.1. The Balaban J connectivity index is 1.53. The molecular formula is C22H26FN5OS. The van der Waals surface area contributed by atoms with Crippen LogP contribution in [0.3, 0.4) is 0 Å². The second kappa shape index (κ2) is 7.92. The summed E-state index contributed by atoms with van der Waals surface area (Å²) in [5.74, 6) is 0.330. The molecule has 0 spiro atoms. The van der Waals surface area contributed by atoms with Gasteiger partial charge in [-0.05, 0) is 58.4 Å². The molecule has 1 aromatic carbocycles. The summed E-state index contributed by atoms with van der Waals surface area (Å²) in [6.45, 7) is 10.1. The zero-order chi connectivity index (χ0) is 21.5. The van der Waals surface area contributed by atoms with Crippen LogP contribution in [-0.4, -0.2) is 45.0 Å². The first kappa shape index (κ1) is 20.7. The van der Waals surface area contributed by atoms with E-state index in [0.29, 0.717) is 27.7 Å². The predicted molar refractivity (Wildman–Crippen MR) is 118 cm³/mol. The Labute approximate surface area is 179 Å². The molecule has 0 radical (unpaired) electrons. The summed E-state index contributed by atoms with van der Waals surface area (Å²) < 4.78 is 14.7. The minimum absolute atomic E-state index is 0.0323. The van der Waals surface area contributed by atoms with E-state index in [9.17, 15) is 9.50 Å². The number of phenolic OH excluding ortho intramolecular Hbond substituents is 1. The summed E-state index contributed by atoms with van der Waals surface area (Å²) in [5.41, 5.74) is 1.17. The molecule has 2 N–H and O–H groups in total. The summed E-state index contributed by atoms with van der Waals surface area (Å²) in [6, 6.07) is 6.80. The number of rotatable bonds is 4. The van der Waals surface area contributed by atoms with E-state index >= 15 is 0 Å². The average molecular weight is 428 g/mol. The monoisotopic (exact) mass is 427 g/mol. The number of thiazole rings is 1. The van der Waals surface area contributed by atoms with Gasteiger partial charge in [0.25, 0.3) is 0 Å². The number of hydrogen-bond acceptors (Lipinski definition) is 7. The molecule has 3 heterocycles. The number of aryl methyl sites for hydroxylation is 1. The van der Waals surface area contributed by atoms with Crippen LogP contribution >= 0.6 is 11.3 Å². The number of nitrogens with zero attached hydrogens (tertiary/aromatic N) is 4. The highest BCUT2D eigenvalue weighted by Crippen LogP contribution is 2.36. The molecule has 4 rings (SSSR count). The molecule has 0 bridgehead atoms. The summed E-state index contributed by atoms with van der Waals surface area (Å²) in [5, 5.41) is 23.5. The molecule has 0 aliphatic carbocycles. The van der Waals surface area contributed by atoms with E-state index in [1.54, 1.807) is 12.3 Å². The number of aromatic hydroxyl groups is 1. The van der Waals surface area contributed by atoms with Crippen LogP contribution in [0.15, 0.2) is 30.5 Å². The van der Waals surface area contributed by atoms with Crippen LogP contribution in [0.1, 0.15) is 32.2 Å². The number of phenols is 1. The topological polar surface area (TPSA) is 74.2 Å². The molecule has 1 aliphatic heterocycles. The summed E-state index contributed by atoms with van der Waals surface area (Å²) in [7, 11) is 0. The van der Waals surface area contributed by atoms with Crippen LogP contribution in [0.4, 0.5) is 10.2 Å². The summed E-state index contributed by atoms with van der Waals surface area (Å²) in [4.78, 5) is 7.03. The first-order chi connectivity index (χ1) is 14.2. The Bertz CT molecular complexity index is 1040. The first-order valence-electron chi connectivity index (χ1n) is 10.0. The van der Waals surface area contributed by atoms with Crippen molar-refractivity contribution in [2.75, 3.05) is 18.0 Å². The first-order valence-corrected chi connectivity index (χ1v) is 10.8. The average Bonchev–Trinajstić information content (AvgIpc) is 3.31. The number of aromatic nitrogens is 3. The van der Waals surface area contributed by atoms with Crippen LogP contribution in [-0.2, 0) is 0 Å². The second-order valence-corrected chi connectivity index (χ2v) is 9.93. The minimum atomic E-state index is -0.423. The number of hydrogen-bond donors (Lipinski definition) is 2. The second-order valence-electron chi connectivity index (χ2n) is 8.70. The smallest absolute Gasteiger partial charge is 0.151 e. The molecule has 2 aromatic heterocycles. The normalized spacial score (nSPS) is 17.0. The molecule has 6 nitrogen and oxygen atoms in total. The lowest BCUT2D eigenvalue weighted by Gasteiger charge is -2.26. The molecule has 0 saturated carbocycles. The molecule has 3 aromatic rings. The van der Waals surface area contributed by atoms with Crippen LogP contribution < -0.4 is 10.2 Å². The third-order valence-corrected chi connectivity index (χ3v) is 5.99. The van der Waals surface area contributed by atoms with Crippen LogP contribution in [0.25, 0.3) is 21.7 Å². The maximum Gasteiger partial charge on any atom is 0.151 e. The van der Waals surface area contributed by atoms with Gasteiger partial charge in [-0.15, -0.1) is 21.5 Å². The zero-order valence-electron chi connectivity index (χ0n) is 17.6. The van der Waals surface area contributed by atoms with Crippen LogP contribution in [0, 0.1) is 12.7 Å². The van der Waals surface area contributed by atoms with E-state index in [1.165, 1.54) is 23.5 Å². The van der Waals surface area contributed by atoms with E-state index in [-0.39, 0.29) is 11.3 Å². The number of halogens is 1. The Morgan fingerprint density at radius 2 is 2.00 bits per heavy atom. The van der Waals surface area contributed by atoms with Crippen molar-refractivity contribution in [3.63, 3.8) is 0 Å². The van der Waals surface area contributed by atoms with Gasteiger partial charge in [-0.1, -0.05) is 0 Å². The van der Waals surface area contributed by atoms with Crippen LogP contribution in [0.2, 0.25) is 0 Å². The van der Waals surface area contributed by atoms with Gasteiger partial charge in [0.2, 0.25) is 0 Å². The Morgan fingerprint density at radius 1 is 1.20 bits per heavy atom. The van der Waals surface area contributed by atoms with Gasteiger partial charge < -0.3 is 15.3 Å². The maximum atomic E-state index is 14.7. The molecule has 1 aliphatic rings. The highest BCUT2D eigenvalue weighted by Gasteiger charge is 2.27. The molecule has 0 unspecified atom stereocenters. The molecule has 30 heavy (non-hydrogen) atoms. The van der Waals surface area contributed by atoms with Gasteiger partial charge in [0.15, 0.2) is 5.82 Å². The molecule has 8 heteroatoms. The quantitative estimate of drug-likeness (QED) is 0.643. The van der Waals surface area contributed by atoms with E-state index in [4.69, 9.17) is 0 Å². The molecule has 158 valence electrons. The lowest BCUT2D eigenvalue weighted by molar-refractivity contribution is 0.373. The summed E-state index contributed by atoms with van der Waals surface area (Å²) in [6.07, 6.45) is 2.66. The SMILES string of the molecule is Cc1ncc(-c2cc(O)c(-c3ccc(N4CC[C@@H](NC(C)(C)C)C4)nn3)cc2F)s1. The van der Waals surface area contributed by atoms with Gasteiger partial charge in [0.05, 0.1) is 15.6 Å². The fraction of sp³-hybridized carbons (Fsp3) is 0.409. The number of benzene rings is 1. The lowest BCUT2D eigenvalue weighted by Crippen LogP contribution is -2.45. The Hall–Kier alpha value is -2.58. The Kier molecular flexibility index (Phi) is 5.46. The van der Waals surface area contributed by atoms with Crippen molar-refractivity contribution >= 4 is 17.2 Å². The standard InChI is InChI=1S/C22H26FN5OS/c1-13-24-11-20(30-13)15-10-19(29)16(9-17(15)23)18-5-6-21(27-26-18)28-8-7-14(12-28)25-22(2,3)4/h5-6,9-11,14,25,29H,7-8,12H2,1-4H3/t14-/m1/s1. The number of nitrogens with one attached hydrogen (secondary N) is 1. The van der Waals surface area contributed by atoms with E-state index in [1.807, 2.05) is 13.0 Å². The van der Waals surface area contributed by atoms with E-state index in [2.05, 4.69) is 46.2 Å². The van der Waals surface area contributed by atoms with Crippen molar-refractivity contribution in [1.29, 1.82) is 0 Å². The third kappa shape index (κ3) is 4.44. The largest absolute Gasteiger partial charge is 0.507 e. The maximum absolute atomic E-state index is 14.7. The molecule has 1 atom stereocenters. The molecule has 1 fully saturated rings. The van der Waals surface area contributed by atoms with Gasteiger partial charge in [-0.25, -0.2) is 9.37 Å². The highest BCUT2D eigenvalue weighted by atomic mass is 32.1. The zero-order valence-corrected chi connectivity index (χ0v) is 18.4. The van der Waals surface area contributed by atoms with Crippen molar-refractivity contribution in [2.24, 2.45) is 0 Å². The van der Waals surface area contributed by atoms with Gasteiger partial charge in [-0.2, -0.15) is 0 Å². The summed E-state index contributed by atoms with van der Waals surface area (Å²) >= 11 is 1.38. The molecular weight excluding hydrogens is 401 g/mol. The molecule has 0 amide bonds. The van der Waals surface area contributed by atoms with Crippen molar-refractivity contribution in [1.82, 2.24) is 20.5 Å². The van der Waals surface area contributed by atoms with Crippen molar-refractivity contribution in [3.8, 4) is 27.4 Å². The van der Waals surface area contributed by atoms with E-state index in [0.717, 1.165) is 30.3 Å². The van der Waals surface area contributed by atoms with Crippen molar-refractivity contribution in [3.05, 3.63) is 41.3 Å². The fourth-order valence-electron chi connectivity index (χ4n) is 3.78. The van der Waals surface area contributed by atoms with Gasteiger partial charge in [0.1, 0.15) is 11.6 Å². The highest BCUT2D eigenvalue weighted by molar-refractivity contribution is 7.15. The minimum Gasteiger partial charge on any atom is -0.507 e. The van der Waals surface area contributed by atoms with Crippen molar-refractivity contribution < 1.29 is 9.50 Å². The third-order valence-electron chi connectivity index (χ3n) is 5.05. The van der Waals surface area contributed by atoms with Crippen LogP contribution in [0.5, 0.6) is 5.75 Å². The Morgan fingerprint density at radius 3 is 2.63 bits per heavy atom.